The van der Waals surface area contributed by atoms with Crippen LogP contribution < -0.4 is 0 Å². The highest BCUT2D eigenvalue weighted by Gasteiger charge is 2.35. The van der Waals surface area contributed by atoms with Crippen LogP contribution in [-0.4, -0.2) is 5.78 Å². The molecule has 3 unspecified atom stereocenters. The van der Waals surface area contributed by atoms with Gasteiger partial charge in [0, 0.05) is 5.92 Å². The first-order chi connectivity index (χ1) is 9.34. The van der Waals surface area contributed by atoms with Gasteiger partial charge in [-0.3, -0.25) is 4.79 Å². The van der Waals surface area contributed by atoms with Crippen molar-refractivity contribution < 1.29 is 4.79 Å². The summed E-state index contributed by atoms with van der Waals surface area (Å²) in [6, 6.07) is 0. The summed E-state index contributed by atoms with van der Waals surface area (Å²) in [4.78, 5) is 12.7. The van der Waals surface area contributed by atoms with E-state index in [1.807, 2.05) is 0 Å². The number of Topliss-reactive ketones (excluding diaryl/α,β-unsaturated/α-hetero) is 1. The van der Waals surface area contributed by atoms with Gasteiger partial charge >= 0.3 is 0 Å². The number of rotatable bonds is 2. The molecule has 0 amide bonds. The SMILES string of the molecule is O=C(C1=CCCCCC1)C1CCC2CCCCC2C1. The van der Waals surface area contributed by atoms with Crippen molar-refractivity contribution in [2.45, 2.75) is 77.0 Å². The molecule has 2 fully saturated rings. The van der Waals surface area contributed by atoms with Gasteiger partial charge in [-0.05, 0) is 62.4 Å². The van der Waals surface area contributed by atoms with Crippen molar-refractivity contribution in [3.05, 3.63) is 11.6 Å². The Bertz CT molecular complexity index is 355. The second kappa shape index (κ2) is 6.24. The summed E-state index contributed by atoms with van der Waals surface area (Å²) in [6.07, 6.45) is 17.7. The lowest BCUT2D eigenvalue weighted by atomic mass is 9.66. The van der Waals surface area contributed by atoms with E-state index in [2.05, 4.69) is 6.08 Å². The van der Waals surface area contributed by atoms with Gasteiger partial charge in [0.05, 0.1) is 0 Å². The van der Waals surface area contributed by atoms with Gasteiger partial charge in [-0.2, -0.15) is 0 Å². The second-order valence-corrected chi connectivity index (χ2v) is 7.01. The largest absolute Gasteiger partial charge is 0.294 e. The van der Waals surface area contributed by atoms with E-state index in [9.17, 15) is 4.79 Å². The number of ketones is 1. The highest BCUT2D eigenvalue weighted by molar-refractivity contribution is 5.97. The molecular formula is C18H28O. The summed E-state index contributed by atoms with van der Waals surface area (Å²) >= 11 is 0. The third-order valence-electron chi connectivity index (χ3n) is 5.77. The minimum absolute atomic E-state index is 0.378. The molecule has 0 aromatic rings. The van der Waals surface area contributed by atoms with Crippen LogP contribution in [-0.2, 0) is 4.79 Å². The fourth-order valence-corrected chi connectivity index (χ4v) is 4.61. The first-order valence-electron chi connectivity index (χ1n) is 8.58. The van der Waals surface area contributed by atoms with Gasteiger partial charge in [0.1, 0.15) is 0 Å². The Hall–Kier alpha value is -0.590. The molecule has 0 aromatic heterocycles. The van der Waals surface area contributed by atoms with Crippen LogP contribution in [0.15, 0.2) is 11.6 Å². The van der Waals surface area contributed by atoms with Crippen LogP contribution in [0.1, 0.15) is 77.0 Å². The van der Waals surface area contributed by atoms with E-state index in [1.165, 1.54) is 69.8 Å². The number of allylic oxidation sites excluding steroid dienone is 2. The standard InChI is InChI=1S/C18H28O/c19-18(15-8-3-1-2-4-9-15)17-12-11-14-7-5-6-10-16(14)13-17/h8,14,16-17H,1-7,9-13H2. The molecule has 106 valence electrons. The summed E-state index contributed by atoms with van der Waals surface area (Å²) in [5.74, 6) is 2.75. The van der Waals surface area contributed by atoms with Gasteiger partial charge in [0.25, 0.3) is 0 Å². The summed E-state index contributed by atoms with van der Waals surface area (Å²) in [5, 5.41) is 0. The number of hydrogen-bond donors (Lipinski definition) is 0. The molecule has 1 heteroatoms. The maximum atomic E-state index is 12.7. The predicted octanol–water partition coefficient (Wildman–Crippen LogP) is 5.05. The van der Waals surface area contributed by atoms with Crippen LogP contribution >= 0.6 is 0 Å². The Labute approximate surface area is 117 Å². The van der Waals surface area contributed by atoms with Gasteiger partial charge in [0.15, 0.2) is 5.78 Å². The lowest BCUT2D eigenvalue weighted by Crippen LogP contribution is -2.31. The van der Waals surface area contributed by atoms with Crippen molar-refractivity contribution in [2.24, 2.45) is 17.8 Å². The molecule has 0 N–H and O–H groups in total. The minimum atomic E-state index is 0.378. The molecule has 0 aromatic carbocycles. The van der Waals surface area contributed by atoms with E-state index in [0.717, 1.165) is 24.7 Å². The van der Waals surface area contributed by atoms with Gasteiger partial charge < -0.3 is 0 Å². The van der Waals surface area contributed by atoms with Crippen LogP contribution in [0, 0.1) is 17.8 Å². The van der Waals surface area contributed by atoms with Gasteiger partial charge in [-0.15, -0.1) is 0 Å². The van der Waals surface area contributed by atoms with Crippen LogP contribution in [0.25, 0.3) is 0 Å². The van der Waals surface area contributed by atoms with Crippen LogP contribution in [0.2, 0.25) is 0 Å². The first-order valence-corrected chi connectivity index (χ1v) is 8.58. The van der Waals surface area contributed by atoms with Crippen LogP contribution in [0.5, 0.6) is 0 Å². The summed E-state index contributed by atoms with van der Waals surface area (Å²) < 4.78 is 0. The lowest BCUT2D eigenvalue weighted by Gasteiger charge is -2.39. The van der Waals surface area contributed by atoms with Gasteiger partial charge in [-0.25, -0.2) is 0 Å². The topological polar surface area (TPSA) is 17.1 Å². The van der Waals surface area contributed by atoms with E-state index in [1.54, 1.807) is 0 Å². The highest BCUT2D eigenvalue weighted by Crippen LogP contribution is 2.43. The molecule has 0 heterocycles. The Morgan fingerprint density at radius 2 is 1.74 bits per heavy atom. The molecule has 19 heavy (non-hydrogen) atoms. The Morgan fingerprint density at radius 1 is 0.895 bits per heavy atom. The van der Waals surface area contributed by atoms with E-state index in [-0.39, 0.29) is 0 Å². The van der Waals surface area contributed by atoms with E-state index < -0.39 is 0 Å². The summed E-state index contributed by atoms with van der Waals surface area (Å²) in [7, 11) is 0. The highest BCUT2D eigenvalue weighted by atomic mass is 16.1. The Kier molecular flexibility index (Phi) is 4.40. The molecule has 2 saturated carbocycles. The smallest absolute Gasteiger partial charge is 0.161 e. The number of hydrogen-bond acceptors (Lipinski definition) is 1. The maximum Gasteiger partial charge on any atom is 0.161 e. The third-order valence-corrected chi connectivity index (χ3v) is 5.77. The maximum absolute atomic E-state index is 12.7. The fraction of sp³-hybridized carbons (Fsp3) is 0.833. The molecule has 3 atom stereocenters. The monoisotopic (exact) mass is 260 g/mol. The zero-order valence-corrected chi connectivity index (χ0v) is 12.2. The zero-order valence-electron chi connectivity index (χ0n) is 12.2. The zero-order chi connectivity index (χ0) is 13.1. The molecule has 0 radical (unpaired) electrons. The van der Waals surface area contributed by atoms with Crippen molar-refractivity contribution in [1.29, 1.82) is 0 Å². The molecular weight excluding hydrogens is 232 g/mol. The minimum Gasteiger partial charge on any atom is -0.294 e. The molecule has 3 aliphatic carbocycles. The van der Waals surface area contributed by atoms with Crippen molar-refractivity contribution >= 4 is 5.78 Å². The number of fused-ring (bicyclic) bond motifs is 1. The lowest BCUT2D eigenvalue weighted by molar-refractivity contribution is -0.121. The van der Waals surface area contributed by atoms with E-state index >= 15 is 0 Å². The second-order valence-electron chi connectivity index (χ2n) is 7.01. The predicted molar refractivity (Wildman–Crippen MR) is 79.0 cm³/mol. The van der Waals surface area contributed by atoms with Gasteiger partial charge in [-0.1, -0.05) is 38.2 Å². The van der Waals surface area contributed by atoms with Crippen molar-refractivity contribution in [3.63, 3.8) is 0 Å². The van der Waals surface area contributed by atoms with Gasteiger partial charge in [0.2, 0.25) is 0 Å². The number of carbonyl (C=O) groups excluding carboxylic acids is 1. The molecule has 3 rings (SSSR count). The Morgan fingerprint density at radius 3 is 2.63 bits per heavy atom. The number of carbonyl (C=O) groups is 1. The average molecular weight is 260 g/mol. The molecule has 0 aliphatic heterocycles. The Balaban J connectivity index is 1.62. The molecule has 0 spiro atoms. The summed E-state index contributed by atoms with van der Waals surface area (Å²) in [6.45, 7) is 0. The molecule has 1 nitrogen and oxygen atoms in total. The molecule has 3 aliphatic rings. The third kappa shape index (κ3) is 3.12. The van der Waals surface area contributed by atoms with Crippen molar-refractivity contribution in [3.8, 4) is 0 Å². The fourth-order valence-electron chi connectivity index (χ4n) is 4.61. The molecule has 0 bridgehead atoms. The van der Waals surface area contributed by atoms with Crippen molar-refractivity contribution in [1.82, 2.24) is 0 Å². The van der Waals surface area contributed by atoms with Crippen molar-refractivity contribution in [2.75, 3.05) is 0 Å². The van der Waals surface area contributed by atoms with Crippen LogP contribution in [0.4, 0.5) is 0 Å². The normalized spacial score (nSPS) is 36.0. The van der Waals surface area contributed by atoms with E-state index in [0.29, 0.717) is 11.7 Å². The van der Waals surface area contributed by atoms with Crippen LogP contribution in [0.3, 0.4) is 0 Å². The van der Waals surface area contributed by atoms with E-state index in [4.69, 9.17) is 0 Å². The summed E-state index contributed by atoms with van der Waals surface area (Å²) in [5.41, 5.74) is 1.19. The quantitative estimate of drug-likeness (QED) is 0.679. The molecule has 0 saturated heterocycles. The average Bonchev–Trinajstić information content (AvgIpc) is 2.75. The first kappa shape index (κ1) is 13.4.